The first-order chi connectivity index (χ1) is 10.1. The maximum Gasteiger partial charge on any atom is 0.409 e. The maximum atomic E-state index is 11.9. The Morgan fingerprint density at radius 1 is 1.18 bits per heavy atom. The summed E-state index contributed by atoms with van der Waals surface area (Å²) >= 11 is 0. The molecule has 0 atom stereocenters. The number of halogens is 1. The van der Waals surface area contributed by atoms with Crippen molar-refractivity contribution in [1.82, 2.24) is 15.1 Å². The fourth-order valence-corrected chi connectivity index (χ4v) is 2.29. The van der Waals surface area contributed by atoms with E-state index >= 15 is 0 Å². The zero-order valence-electron chi connectivity index (χ0n) is 14.5. The first-order valence-electron chi connectivity index (χ1n) is 8.48. The lowest BCUT2D eigenvalue weighted by atomic mass is 10.1. The number of amides is 1. The molecule has 1 aliphatic heterocycles. The third-order valence-electron chi connectivity index (χ3n) is 3.86. The van der Waals surface area contributed by atoms with E-state index < -0.39 is 0 Å². The van der Waals surface area contributed by atoms with Gasteiger partial charge in [-0.15, -0.1) is 12.4 Å². The summed E-state index contributed by atoms with van der Waals surface area (Å²) in [5, 5.41) is 3.46. The highest BCUT2D eigenvalue weighted by Gasteiger charge is 2.21. The molecule has 0 radical (unpaired) electrons. The number of carbonyl (C=O) groups excluding carboxylic acids is 1. The van der Waals surface area contributed by atoms with Crippen LogP contribution in [0.1, 0.15) is 40.0 Å². The molecule has 22 heavy (non-hydrogen) atoms. The van der Waals surface area contributed by atoms with E-state index in [0.717, 1.165) is 52.2 Å². The quantitative estimate of drug-likeness (QED) is 0.658. The van der Waals surface area contributed by atoms with Crippen LogP contribution in [0, 0.1) is 5.92 Å². The largest absolute Gasteiger partial charge is 0.449 e. The van der Waals surface area contributed by atoms with Crippen LogP contribution in [0.5, 0.6) is 0 Å². The molecule has 0 saturated carbocycles. The van der Waals surface area contributed by atoms with Gasteiger partial charge in [-0.3, -0.25) is 4.90 Å². The minimum Gasteiger partial charge on any atom is -0.449 e. The van der Waals surface area contributed by atoms with Gasteiger partial charge < -0.3 is 15.0 Å². The van der Waals surface area contributed by atoms with E-state index in [1.165, 1.54) is 12.8 Å². The van der Waals surface area contributed by atoms with Crippen LogP contribution >= 0.6 is 12.4 Å². The monoisotopic (exact) mass is 335 g/mol. The minimum atomic E-state index is -0.142. The molecule has 0 aromatic carbocycles. The van der Waals surface area contributed by atoms with Crippen molar-refractivity contribution < 1.29 is 9.53 Å². The van der Waals surface area contributed by atoms with E-state index in [-0.39, 0.29) is 18.5 Å². The molecule has 1 rings (SSSR count). The molecule has 0 aliphatic carbocycles. The molecule has 132 valence electrons. The van der Waals surface area contributed by atoms with Crippen LogP contribution < -0.4 is 5.32 Å². The van der Waals surface area contributed by atoms with Crippen LogP contribution in [-0.2, 0) is 4.74 Å². The van der Waals surface area contributed by atoms with Gasteiger partial charge in [-0.25, -0.2) is 4.79 Å². The lowest BCUT2D eigenvalue weighted by molar-refractivity contribution is 0.0738. The standard InChI is InChI=1S/C16H33N3O2.ClH/c1-4-5-7-17-8-9-18-10-12-19(13-11-18)16(20)21-14-6-15(2)3;/h15,17H,4-14H2,1-3H3;1H. The van der Waals surface area contributed by atoms with Crippen LogP contribution in [0.25, 0.3) is 0 Å². The topological polar surface area (TPSA) is 44.8 Å². The Hall–Kier alpha value is -0.520. The molecule has 5 nitrogen and oxygen atoms in total. The average molecular weight is 336 g/mol. The highest BCUT2D eigenvalue weighted by molar-refractivity contribution is 5.85. The van der Waals surface area contributed by atoms with Crippen LogP contribution in [0.15, 0.2) is 0 Å². The highest BCUT2D eigenvalue weighted by Crippen LogP contribution is 2.05. The zero-order valence-corrected chi connectivity index (χ0v) is 15.3. The summed E-state index contributed by atoms with van der Waals surface area (Å²) in [4.78, 5) is 16.1. The first kappa shape index (κ1) is 21.5. The Bertz CT molecular complexity index is 283. The van der Waals surface area contributed by atoms with Gasteiger partial charge in [0.15, 0.2) is 0 Å². The van der Waals surface area contributed by atoms with E-state index in [1.54, 1.807) is 0 Å². The summed E-state index contributed by atoms with van der Waals surface area (Å²) in [5.41, 5.74) is 0. The van der Waals surface area contributed by atoms with Gasteiger partial charge in [0.25, 0.3) is 0 Å². The summed E-state index contributed by atoms with van der Waals surface area (Å²) in [5.74, 6) is 0.579. The number of hydrogen-bond acceptors (Lipinski definition) is 4. The van der Waals surface area contributed by atoms with Gasteiger partial charge in [-0.05, 0) is 25.3 Å². The van der Waals surface area contributed by atoms with E-state index in [9.17, 15) is 4.79 Å². The molecule has 0 unspecified atom stereocenters. The second-order valence-corrected chi connectivity index (χ2v) is 6.23. The third-order valence-corrected chi connectivity index (χ3v) is 3.86. The van der Waals surface area contributed by atoms with Gasteiger partial charge >= 0.3 is 6.09 Å². The second-order valence-electron chi connectivity index (χ2n) is 6.23. The Kier molecular flexibility index (Phi) is 12.7. The van der Waals surface area contributed by atoms with Gasteiger partial charge in [0.2, 0.25) is 0 Å². The van der Waals surface area contributed by atoms with E-state index in [4.69, 9.17) is 4.74 Å². The van der Waals surface area contributed by atoms with Crippen LogP contribution in [0.4, 0.5) is 4.79 Å². The Balaban J connectivity index is 0.00000441. The number of nitrogens with zero attached hydrogens (tertiary/aromatic N) is 2. The summed E-state index contributed by atoms with van der Waals surface area (Å²) < 4.78 is 5.31. The van der Waals surface area contributed by atoms with Crippen molar-refractivity contribution >= 4 is 18.5 Å². The summed E-state index contributed by atoms with van der Waals surface area (Å²) in [6, 6.07) is 0. The molecule has 1 aliphatic rings. The summed E-state index contributed by atoms with van der Waals surface area (Å²) in [6.45, 7) is 13.7. The first-order valence-corrected chi connectivity index (χ1v) is 8.48. The molecule has 1 fully saturated rings. The molecule has 1 heterocycles. The lowest BCUT2D eigenvalue weighted by Crippen LogP contribution is -2.50. The number of carbonyl (C=O) groups is 1. The average Bonchev–Trinajstić information content (AvgIpc) is 2.47. The predicted octanol–water partition coefficient (Wildman–Crippen LogP) is 2.60. The van der Waals surface area contributed by atoms with E-state index in [1.807, 2.05) is 4.90 Å². The van der Waals surface area contributed by atoms with Crippen molar-refractivity contribution in [2.45, 2.75) is 40.0 Å². The van der Waals surface area contributed by atoms with Gasteiger partial charge in [0, 0.05) is 39.3 Å². The highest BCUT2D eigenvalue weighted by atomic mass is 35.5. The molecular weight excluding hydrogens is 302 g/mol. The molecule has 1 N–H and O–H groups in total. The van der Waals surface area contributed by atoms with Crippen molar-refractivity contribution in [2.24, 2.45) is 5.92 Å². The SMILES string of the molecule is CCCCNCCN1CCN(C(=O)OCCC(C)C)CC1.Cl. The number of nitrogens with one attached hydrogen (secondary N) is 1. The third kappa shape index (κ3) is 9.49. The van der Waals surface area contributed by atoms with Crippen molar-refractivity contribution in [3.8, 4) is 0 Å². The van der Waals surface area contributed by atoms with Gasteiger partial charge in [-0.2, -0.15) is 0 Å². The van der Waals surface area contributed by atoms with Crippen LogP contribution in [-0.4, -0.2) is 68.3 Å². The lowest BCUT2D eigenvalue weighted by Gasteiger charge is -2.34. The fraction of sp³-hybridized carbons (Fsp3) is 0.938. The Labute approximate surface area is 142 Å². The van der Waals surface area contributed by atoms with Crippen LogP contribution in [0.2, 0.25) is 0 Å². The molecule has 1 saturated heterocycles. The molecule has 0 aromatic rings. The van der Waals surface area contributed by atoms with Gasteiger partial charge in [-0.1, -0.05) is 27.2 Å². The molecule has 0 aromatic heterocycles. The molecule has 0 spiro atoms. The molecule has 1 amide bonds. The second kappa shape index (κ2) is 13.0. The molecule has 6 heteroatoms. The van der Waals surface area contributed by atoms with E-state index in [0.29, 0.717) is 12.5 Å². The van der Waals surface area contributed by atoms with Gasteiger partial charge in [0.1, 0.15) is 0 Å². The Morgan fingerprint density at radius 2 is 1.86 bits per heavy atom. The fourth-order valence-electron chi connectivity index (χ4n) is 2.29. The maximum absolute atomic E-state index is 11.9. The van der Waals surface area contributed by atoms with E-state index in [2.05, 4.69) is 31.0 Å². The van der Waals surface area contributed by atoms with Crippen molar-refractivity contribution in [1.29, 1.82) is 0 Å². The van der Waals surface area contributed by atoms with Crippen LogP contribution in [0.3, 0.4) is 0 Å². The zero-order chi connectivity index (χ0) is 15.5. The summed E-state index contributed by atoms with van der Waals surface area (Å²) in [7, 11) is 0. The number of rotatable bonds is 9. The minimum absolute atomic E-state index is 0. The number of piperazine rings is 1. The number of ether oxygens (including phenoxy) is 1. The number of hydrogen-bond donors (Lipinski definition) is 1. The van der Waals surface area contributed by atoms with Crippen molar-refractivity contribution in [3.05, 3.63) is 0 Å². The van der Waals surface area contributed by atoms with Crippen molar-refractivity contribution in [2.75, 3.05) is 52.4 Å². The molecule has 0 bridgehead atoms. The normalized spacial score (nSPS) is 15.7. The van der Waals surface area contributed by atoms with Crippen molar-refractivity contribution in [3.63, 3.8) is 0 Å². The Morgan fingerprint density at radius 3 is 2.45 bits per heavy atom. The predicted molar refractivity (Wildman–Crippen MR) is 93.8 cm³/mol. The number of unbranched alkanes of at least 4 members (excludes halogenated alkanes) is 1. The smallest absolute Gasteiger partial charge is 0.409 e. The van der Waals surface area contributed by atoms with Gasteiger partial charge in [0.05, 0.1) is 6.61 Å². The summed E-state index contributed by atoms with van der Waals surface area (Å²) in [6.07, 6.45) is 3.28. The molecular formula is C16H34ClN3O2.